The van der Waals surface area contributed by atoms with Crippen LogP contribution in [0.2, 0.25) is 0 Å². The molecule has 0 spiro atoms. The van der Waals surface area contributed by atoms with E-state index >= 15 is 0 Å². The summed E-state index contributed by atoms with van der Waals surface area (Å²) in [4.78, 5) is 14.8. The van der Waals surface area contributed by atoms with E-state index in [-0.39, 0.29) is 10.6 Å². The molecule has 0 saturated carbocycles. The quantitative estimate of drug-likeness (QED) is 0.815. The largest absolute Gasteiger partial charge is 0.506 e. The first-order valence-corrected chi connectivity index (χ1v) is 5.01. The molecule has 0 radical (unpaired) electrons. The molecule has 2 N–H and O–H groups in total. The van der Waals surface area contributed by atoms with Crippen LogP contribution in [0, 0.1) is 0 Å². The van der Waals surface area contributed by atoms with Gasteiger partial charge in [0, 0.05) is 11.8 Å². The third kappa shape index (κ3) is 1.97. The summed E-state index contributed by atoms with van der Waals surface area (Å²) < 4.78 is 0. The number of carboxylic acid groups (broad SMARTS) is 1. The lowest BCUT2D eigenvalue weighted by atomic mass is 10.1. The molecule has 0 amide bonds. The molecular formula is C10H7NO3S. The van der Waals surface area contributed by atoms with Crippen LogP contribution in [0.25, 0.3) is 11.1 Å². The van der Waals surface area contributed by atoms with Crippen LogP contribution in [0.15, 0.2) is 29.9 Å². The Morgan fingerprint density at radius 1 is 1.27 bits per heavy atom. The van der Waals surface area contributed by atoms with Gasteiger partial charge in [-0.15, -0.1) is 11.3 Å². The minimum absolute atomic E-state index is 0.0653. The summed E-state index contributed by atoms with van der Waals surface area (Å²) in [6.07, 6.45) is 2.90. The standard InChI is InChI=1S/C10H7NO3S/c12-8-1-6(3-11-4-8)7-2-9(10(13)14)15-5-7/h1-5,12H,(H,13,14). The fraction of sp³-hybridized carbons (Fsp3) is 0. The Kier molecular flexibility index (Phi) is 2.39. The number of pyridine rings is 1. The minimum atomic E-state index is -0.945. The zero-order chi connectivity index (χ0) is 10.8. The Morgan fingerprint density at radius 3 is 2.67 bits per heavy atom. The van der Waals surface area contributed by atoms with Crippen molar-refractivity contribution in [3.05, 3.63) is 34.8 Å². The van der Waals surface area contributed by atoms with Gasteiger partial charge in [0.1, 0.15) is 10.6 Å². The second kappa shape index (κ2) is 3.70. The van der Waals surface area contributed by atoms with Crippen LogP contribution in [-0.4, -0.2) is 21.2 Å². The van der Waals surface area contributed by atoms with Crippen molar-refractivity contribution in [2.45, 2.75) is 0 Å². The predicted octanol–water partition coefficient (Wildman–Crippen LogP) is 2.21. The maximum absolute atomic E-state index is 10.7. The summed E-state index contributed by atoms with van der Waals surface area (Å²) in [5, 5.41) is 19.7. The molecular weight excluding hydrogens is 214 g/mol. The molecule has 15 heavy (non-hydrogen) atoms. The molecule has 4 nitrogen and oxygen atoms in total. The molecule has 0 bridgehead atoms. The van der Waals surface area contributed by atoms with E-state index in [1.165, 1.54) is 6.20 Å². The van der Waals surface area contributed by atoms with Gasteiger partial charge >= 0.3 is 5.97 Å². The number of nitrogens with zero attached hydrogens (tertiary/aromatic N) is 1. The lowest BCUT2D eigenvalue weighted by Crippen LogP contribution is -1.89. The normalized spacial score (nSPS) is 10.1. The molecule has 0 unspecified atom stereocenters. The number of thiophene rings is 1. The molecule has 2 heterocycles. The van der Waals surface area contributed by atoms with Crippen LogP contribution in [-0.2, 0) is 0 Å². The van der Waals surface area contributed by atoms with E-state index in [1.807, 2.05) is 0 Å². The Hall–Kier alpha value is -1.88. The Labute approximate surface area is 89.5 Å². The van der Waals surface area contributed by atoms with Gasteiger partial charge in [-0.3, -0.25) is 4.98 Å². The lowest BCUT2D eigenvalue weighted by Gasteiger charge is -1.96. The van der Waals surface area contributed by atoms with E-state index in [2.05, 4.69) is 4.98 Å². The number of aromatic nitrogens is 1. The number of aromatic carboxylic acids is 1. The molecule has 0 fully saturated rings. The van der Waals surface area contributed by atoms with E-state index in [0.717, 1.165) is 16.9 Å². The molecule has 0 aliphatic carbocycles. The number of rotatable bonds is 2. The van der Waals surface area contributed by atoms with Crippen LogP contribution in [0.5, 0.6) is 5.75 Å². The van der Waals surface area contributed by atoms with Gasteiger partial charge in [-0.1, -0.05) is 0 Å². The zero-order valence-corrected chi connectivity index (χ0v) is 8.36. The van der Waals surface area contributed by atoms with Crippen molar-refractivity contribution in [1.29, 1.82) is 0 Å². The van der Waals surface area contributed by atoms with Gasteiger partial charge < -0.3 is 10.2 Å². The second-order valence-corrected chi connectivity index (χ2v) is 3.85. The highest BCUT2D eigenvalue weighted by atomic mass is 32.1. The molecule has 0 atom stereocenters. The van der Waals surface area contributed by atoms with Crippen LogP contribution in [0.1, 0.15) is 9.67 Å². The third-order valence-electron chi connectivity index (χ3n) is 1.87. The molecule has 0 aromatic carbocycles. The van der Waals surface area contributed by atoms with E-state index in [9.17, 15) is 9.90 Å². The van der Waals surface area contributed by atoms with Crippen LogP contribution >= 0.6 is 11.3 Å². The topological polar surface area (TPSA) is 70.4 Å². The Bertz CT molecular complexity index is 507. The number of hydrogen-bond donors (Lipinski definition) is 2. The SMILES string of the molecule is O=C(O)c1cc(-c2cncc(O)c2)cs1. The van der Waals surface area contributed by atoms with Crippen molar-refractivity contribution >= 4 is 17.3 Å². The van der Waals surface area contributed by atoms with E-state index in [1.54, 1.807) is 23.7 Å². The van der Waals surface area contributed by atoms with Gasteiger partial charge in [-0.25, -0.2) is 4.79 Å². The summed E-state index contributed by atoms with van der Waals surface area (Å²) in [5.41, 5.74) is 1.46. The van der Waals surface area contributed by atoms with Crippen molar-refractivity contribution in [3.63, 3.8) is 0 Å². The monoisotopic (exact) mass is 221 g/mol. The summed E-state index contributed by atoms with van der Waals surface area (Å²) >= 11 is 1.15. The van der Waals surface area contributed by atoms with Crippen molar-refractivity contribution in [2.75, 3.05) is 0 Å². The molecule has 0 aliphatic heterocycles. The van der Waals surface area contributed by atoms with Gasteiger partial charge in [0.15, 0.2) is 0 Å². The maximum atomic E-state index is 10.7. The third-order valence-corrected chi connectivity index (χ3v) is 2.79. The zero-order valence-electron chi connectivity index (χ0n) is 7.54. The second-order valence-electron chi connectivity index (χ2n) is 2.94. The lowest BCUT2D eigenvalue weighted by molar-refractivity contribution is 0.0702. The van der Waals surface area contributed by atoms with Crippen molar-refractivity contribution in [1.82, 2.24) is 4.98 Å². The summed E-state index contributed by atoms with van der Waals surface area (Å²) in [7, 11) is 0. The number of carbonyl (C=O) groups is 1. The van der Waals surface area contributed by atoms with Crippen LogP contribution in [0.4, 0.5) is 0 Å². The van der Waals surface area contributed by atoms with Crippen molar-refractivity contribution in [3.8, 4) is 16.9 Å². The first-order chi connectivity index (χ1) is 7.16. The molecule has 5 heteroatoms. The fourth-order valence-corrected chi connectivity index (χ4v) is 1.94. The predicted molar refractivity (Wildman–Crippen MR) is 56.2 cm³/mol. The maximum Gasteiger partial charge on any atom is 0.345 e. The van der Waals surface area contributed by atoms with Gasteiger partial charge in [0.2, 0.25) is 0 Å². The van der Waals surface area contributed by atoms with E-state index in [0.29, 0.717) is 5.56 Å². The molecule has 76 valence electrons. The Balaban J connectivity index is 2.41. The first-order valence-electron chi connectivity index (χ1n) is 4.13. The molecule has 2 aromatic heterocycles. The van der Waals surface area contributed by atoms with Gasteiger partial charge in [-0.05, 0) is 23.1 Å². The molecule has 2 rings (SSSR count). The number of hydrogen-bond acceptors (Lipinski definition) is 4. The average Bonchev–Trinajstić information content (AvgIpc) is 2.66. The number of carboxylic acids is 1. The van der Waals surface area contributed by atoms with Gasteiger partial charge in [0.25, 0.3) is 0 Å². The summed E-state index contributed by atoms with van der Waals surface area (Å²) in [6, 6.07) is 3.10. The van der Waals surface area contributed by atoms with Crippen molar-refractivity contribution in [2.24, 2.45) is 0 Å². The highest BCUT2D eigenvalue weighted by Crippen LogP contribution is 2.26. The Morgan fingerprint density at radius 2 is 2.07 bits per heavy atom. The highest BCUT2D eigenvalue weighted by Gasteiger charge is 2.08. The van der Waals surface area contributed by atoms with Crippen LogP contribution in [0.3, 0.4) is 0 Å². The summed E-state index contributed by atoms with van der Waals surface area (Å²) in [6.45, 7) is 0. The molecule has 2 aromatic rings. The van der Waals surface area contributed by atoms with Crippen molar-refractivity contribution < 1.29 is 15.0 Å². The summed E-state index contributed by atoms with van der Waals surface area (Å²) in [5.74, 6) is -0.880. The average molecular weight is 221 g/mol. The highest BCUT2D eigenvalue weighted by molar-refractivity contribution is 7.12. The fourth-order valence-electron chi connectivity index (χ4n) is 1.19. The minimum Gasteiger partial charge on any atom is -0.506 e. The smallest absolute Gasteiger partial charge is 0.345 e. The first kappa shape index (κ1) is 9.67. The van der Waals surface area contributed by atoms with E-state index < -0.39 is 5.97 Å². The van der Waals surface area contributed by atoms with Gasteiger partial charge in [0.05, 0.1) is 6.20 Å². The molecule has 0 aliphatic rings. The molecule has 0 saturated heterocycles. The van der Waals surface area contributed by atoms with Crippen LogP contribution < -0.4 is 0 Å². The van der Waals surface area contributed by atoms with Gasteiger partial charge in [-0.2, -0.15) is 0 Å². The number of aromatic hydroxyl groups is 1. The van der Waals surface area contributed by atoms with E-state index in [4.69, 9.17) is 5.11 Å².